The summed E-state index contributed by atoms with van der Waals surface area (Å²) in [6.07, 6.45) is 0. The summed E-state index contributed by atoms with van der Waals surface area (Å²) in [7, 11) is 0. The van der Waals surface area contributed by atoms with Gasteiger partial charge < -0.3 is 22.6 Å². The number of aromatic nitrogens is 1. The molecular weight excluding hydrogens is 759 g/mol. The van der Waals surface area contributed by atoms with Gasteiger partial charge in [-0.15, -0.1) is 0 Å². The maximum absolute atomic E-state index is 6.82. The Kier molecular flexibility index (Phi) is 6.34. The second kappa shape index (κ2) is 11.4. The van der Waals surface area contributed by atoms with Gasteiger partial charge in [0.25, 0.3) is 0 Å². The minimum atomic E-state index is -0.168. The van der Waals surface area contributed by atoms with Crippen molar-refractivity contribution in [2.75, 3.05) is 4.81 Å². The molecule has 62 heavy (non-hydrogen) atoms. The first-order valence-corrected chi connectivity index (χ1v) is 21.8. The second-order valence-electron chi connectivity index (χ2n) is 19.7. The van der Waals surface area contributed by atoms with Crippen LogP contribution < -0.4 is 15.7 Å². The zero-order valence-corrected chi connectivity index (χ0v) is 35.5. The Morgan fingerprint density at radius 3 is 1.84 bits per heavy atom. The SMILES string of the molecule is CC(C)(C)c1ccc(N2B3c4cc5c(cc4-n4c6ccc7c8ccccc8oc7c6c6ccc(c3c64)-c3cc4oc6ccc(C(C)(C)C)cc6c4cc32)oc2ccccc25)cc1. The molecule has 0 unspecified atom stereocenters. The lowest BCUT2D eigenvalue weighted by Crippen LogP contribution is -2.60. The van der Waals surface area contributed by atoms with Gasteiger partial charge in [0.1, 0.15) is 33.5 Å². The van der Waals surface area contributed by atoms with Crippen LogP contribution in [0.3, 0.4) is 0 Å². The number of anilines is 2. The number of benzene rings is 8. The Bertz CT molecular complexity index is 3960. The van der Waals surface area contributed by atoms with Gasteiger partial charge in [-0.3, -0.25) is 0 Å². The molecule has 8 aromatic carbocycles. The molecule has 0 atom stereocenters. The fourth-order valence-electron chi connectivity index (χ4n) is 11.0. The summed E-state index contributed by atoms with van der Waals surface area (Å²) < 4.78 is 22.8. The topological polar surface area (TPSA) is 47.6 Å². The van der Waals surface area contributed by atoms with Gasteiger partial charge >= 0.3 is 6.85 Å². The first-order valence-electron chi connectivity index (χ1n) is 21.8. The average Bonchev–Trinajstić information content (AvgIpc) is 4.02. The monoisotopic (exact) mass is 800 g/mol. The molecule has 0 saturated carbocycles. The van der Waals surface area contributed by atoms with E-state index >= 15 is 0 Å². The van der Waals surface area contributed by atoms with Crippen molar-refractivity contribution in [3.8, 4) is 16.8 Å². The van der Waals surface area contributed by atoms with Crippen LogP contribution in [-0.2, 0) is 10.8 Å². The van der Waals surface area contributed by atoms with Crippen molar-refractivity contribution in [1.29, 1.82) is 0 Å². The molecule has 0 aliphatic carbocycles. The quantitative estimate of drug-likeness (QED) is 0.155. The molecule has 0 bridgehead atoms. The molecule has 0 N–H and O–H groups in total. The van der Waals surface area contributed by atoms with Gasteiger partial charge in [0.2, 0.25) is 0 Å². The number of fused-ring (bicyclic) bond motifs is 18. The van der Waals surface area contributed by atoms with Gasteiger partial charge in [-0.1, -0.05) is 114 Å². The van der Waals surface area contributed by atoms with E-state index in [1.54, 1.807) is 0 Å². The van der Waals surface area contributed by atoms with Crippen LogP contribution in [0.1, 0.15) is 52.7 Å². The lowest BCUT2D eigenvalue weighted by molar-refractivity contribution is 0.590. The van der Waals surface area contributed by atoms with E-state index in [1.807, 2.05) is 0 Å². The Balaban J connectivity index is 1.16. The average molecular weight is 801 g/mol. The number of para-hydroxylation sites is 2. The second-order valence-corrected chi connectivity index (χ2v) is 19.7. The molecule has 0 spiro atoms. The predicted octanol–water partition coefficient (Wildman–Crippen LogP) is 14.3. The molecule has 2 aliphatic heterocycles. The smallest absolute Gasteiger partial charge is 0.333 e. The number of hydrogen-bond donors (Lipinski definition) is 0. The molecule has 2 aliphatic rings. The molecule has 0 radical (unpaired) electrons. The maximum Gasteiger partial charge on any atom is 0.333 e. The molecule has 5 nitrogen and oxygen atoms in total. The largest absolute Gasteiger partial charge is 0.456 e. The van der Waals surface area contributed by atoms with Crippen molar-refractivity contribution in [1.82, 2.24) is 4.57 Å². The minimum absolute atomic E-state index is 0.00204. The normalized spacial score (nSPS) is 13.9. The summed E-state index contributed by atoms with van der Waals surface area (Å²) in [6.45, 7) is 13.5. The summed E-state index contributed by atoms with van der Waals surface area (Å²) in [5, 5.41) is 9.06. The Morgan fingerprint density at radius 1 is 0.452 bits per heavy atom. The molecule has 6 heteroatoms. The van der Waals surface area contributed by atoms with Crippen LogP contribution in [0.4, 0.5) is 11.4 Å². The number of nitrogens with zero attached hydrogens (tertiary/aromatic N) is 2. The van der Waals surface area contributed by atoms with Crippen LogP contribution in [0.2, 0.25) is 0 Å². The van der Waals surface area contributed by atoms with Crippen LogP contribution >= 0.6 is 0 Å². The first kappa shape index (κ1) is 34.5. The van der Waals surface area contributed by atoms with Gasteiger partial charge in [-0.25, -0.2) is 0 Å². The Morgan fingerprint density at radius 2 is 1.08 bits per heavy atom. The molecule has 0 saturated heterocycles. The molecule has 14 rings (SSSR count). The zero-order chi connectivity index (χ0) is 41.6. The summed E-state index contributed by atoms with van der Waals surface area (Å²) in [5.74, 6) is 0. The zero-order valence-electron chi connectivity index (χ0n) is 35.5. The highest BCUT2D eigenvalue weighted by Gasteiger charge is 2.45. The van der Waals surface area contributed by atoms with E-state index in [9.17, 15) is 0 Å². The standard InChI is InChI=1S/C56H41BN2O3/c1-55(2,3)30-15-18-32(19-16-30)59-44-27-41-39-25-31(56(4,5)6)17-24-48(39)61-49(41)28-38(44)35-20-21-37-51-43(23-22-36-33-11-7-10-14-47(33)62-54(36)51)58-45-29-50-40(34-12-8-9-13-46(34)60-50)26-42(45)57(59)52(35)53(37)58/h7-29H,1-6H3. The Labute approximate surface area is 357 Å². The van der Waals surface area contributed by atoms with Crippen molar-refractivity contribution >= 4 is 117 Å². The van der Waals surface area contributed by atoms with Crippen LogP contribution in [0.15, 0.2) is 153 Å². The molecule has 0 amide bonds. The molecule has 0 fully saturated rings. The van der Waals surface area contributed by atoms with Gasteiger partial charge in [0, 0.05) is 66.4 Å². The first-order chi connectivity index (χ1) is 30.0. The maximum atomic E-state index is 6.82. The van der Waals surface area contributed by atoms with Crippen LogP contribution in [0, 0.1) is 0 Å². The third-order valence-corrected chi connectivity index (χ3v) is 14.1. The molecule has 12 aromatic rings. The minimum Gasteiger partial charge on any atom is -0.456 e. The summed E-state index contributed by atoms with van der Waals surface area (Å²) in [5.41, 5.74) is 18.6. The van der Waals surface area contributed by atoms with Crippen LogP contribution in [0.5, 0.6) is 0 Å². The van der Waals surface area contributed by atoms with Gasteiger partial charge in [-0.2, -0.15) is 0 Å². The van der Waals surface area contributed by atoms with Gasteiger partial charge in [-0.05, 0) is 99.1 Å². The highest BCUT2D eigenvalue weighted by molar-refractivity contribution is 6.94. The van der Waals surface area contributed by atoms with Crippen molar-refractivity contribution < 1.29 is 13.3 Å². The highest BCUT2D eigenvalue weighted by atomic mass is 16.3. The predicted molar refractivity (Wildman–Crippen MR) is 259 cm³/mol. The molecule has 6 heterocycles. The van der Waals surface area contributed by atoms with Gasteiger partial charge in [0.15, 0.2) is 0 Å². The van der Waals surface area contributed by atoms with E-state index in [2.05, 4.69) is 190 Å². The van der Waals surface area contributed by atoms with E-state index in [0.717, 1.165) is 99.3 Å². The number of furan rings is 3. The van der Waals surface area contributed by atoms with E-state index in [1.165, 1.54) is 38.5 Å². The molecule has 4 aromatic heterocycles. The fourth-order valence-corrected chi connectivity index (χ4v) is 11.0. The van der Waals surface area contributed by atoms with Crippen molar-refractivity contribution in [2.45, 2.75) is 52.4 Å². The number of rotatable bonds is 1. The van der Waals surface area contributed by atoms with Crippen LogP contribution in [-0.4, -0.2) is 11.4 Å². The van der Waals surface area contributed by atoms with Gasteiger partial charge in [0.05, 0.1) is 16.4 Å². The lowest BCUT2D eigenvalue weighted by Gasteiger charge is -2.42. The summed E-state index contributed by atoms with van der Waals surface area (Å²) in [6, 6.07) is 51.5. The summed E-state index contributed by atoms with van der Waals surface area (Å²) in [4.78, 5) is 2.61. The van der Waals surface area contributed by atoms with Crippen molar-refractivity contribution in [3.05, 3.63) is 151 Å². The van der Waals surface area contributed by atoms with E-state index in [0.29, 0.717) is 0 Å². The van der Waals surface area contributed by atoms with E-state index in [4.69, 9.17) is 13.3 Å². The van der Waals surface area contributed by atoms with E-state index < -0.39 is 0 Å². The summed E-state index contributed by atoms with van der Waals surface area (Å²) >= 11 is 0. The molecular formula is C56H41BN2O3. The van der Waals surface area contributed by atoms with Crippen molar-refractivity contribution in [3.63, 3.8) is 0 Å². The van der Waals surface area contributed by atoms with Crippen LogP contribution in [0.25, 0.3) is 104 Å². The van der Waals surface area contributed by atoms with E-state index in [-0.39, 0.29) is 17.7 Å². The number of hydrogen-bond acceptors (Lipinski definition) is 4. The van der Waals surface area contributed by atoms with Crippen molar-refractivity contribution in [2.24, 2.45) is 0 Å². The Hall–Kier alpha value is -7.18. The lowest BCUT2D eigenvalue weighted by atomic mass is 9.44. The third-order valence-electron chi connectivity index (χ3n) is 14.1. The third kappa shape index (κ3) is 4.39. The fraction of sp³-hybridized carbons (Fsp3) is 0.143. The highest BCUT2D eigenvalue weighted by Crippen LogP contribution is 2.50. The molecule has 296 valence electrons.